The Morgan fingerprint density at radius 1 is 0.220 bits per heavy atom. The fourth-order valence-electron chi connectivity index (χ4n) is 12.8. The lowest BCUT2D eigenvalue weighted by Gasteiger charge is -2.41. The molecule has 0 bridgehead atoms. The zero-order valence-corrected chi connectivity index (χ0v) is 58.7. The Bertz CT molecular complexity index is 3990. The minimum Gasteiger partial charge on any atom is -0.368 e. The van der Waals surface area contributed by atoms with Crippen LogP contribution in [0.15, 0.2) is 243 Å². The summed E-state index contributed by atoms with van der Waals surface area (Å²) in [5.74, 6) is -5.15. The van der Waals surface area contributed by atoms with Gasteiger partial charge in [0, 0.05) is 115 Å². The lowest BCUT2D eigenvalue weighted by Crippen LogP contribution is -2.62. The second-order valence-corrected chi connectivity index (χ2v) is 25.8. The van der Waals surface area contributed by atoms with Gasteiger partial charge in [0.1, 0.15) is 48.3 Å². The summed E-state index contributed by atoms with van der Waals surface area (Å²) in [4.78, 5) is 147. The van der Waals surface area contributed by atoms with Gasteiger partial charge in [0.05, 0.1) is 0 Å². The molecule has 8 rings (SSSR count). The van der Waals surface area contributed by atoms with Gasteiger partial charge in [0.2, 0.25) is 53.2 Å². The number of hydrogen-bond donors (Lipinski definition) is 1. The van der Waals surface area contributed by atoms with Crippen LogP contribution < -0.4 is 5.73 Å². The van der Waals surface area contributed by atoms with Crippen molar-refractivity contribution >= 4 is 53.2 Å². The molecule has 0 fully saturated rings. The van der Waals surface area contributed by atoms with E-state index in [1.54, 1.807) is 14.1 Å². The van der Waals surface area contributed by atoms with Crippen molar-refractivity contribution in [2.24, 2.45) is 5.73 Å². The molecule has 0 heterocycles. The summed E-state index contributed by atoms with van der Waals surface area (Å²) in [6, 6.07) is 63.9. The number of nitrogens with two attached hydrogens (primary N) is 1. The molecule has 8 atom stereocenters. The largest absolute Gasteiger partial charge is 0.368 e. The highest BCUT2D eigenvalue weighted by Gasteiger charge is 2.45. The SMILES string of the molecule is CC(=O)N(C)[C@@H](Cc1ccccc1)C(=O)N(C)[C@@H](Cc1ccccc1)C(=O)N(C)[C@@H](Cc1ccccc1)C(=O)N(C)[C@@H](Cc1ccccc1)C(=O)N(C)[C@@H](Cc1ccccc1)C(=O)N(C)[C@@H](Cc1ccccc1)C(=O)N(C)[C@@H](Cc1ccccc1)C(=O)N(C)[C@@H](Cc1ccccc1)C(N)=O. The molecule has 0 saturated heterocycles. The van der Waals surface area contributed by atoms with E-state index in [0.29, 0.717) is 22.3 Å². The van der Waals surface area contributed by atoms with Crippen molar-refractivity contribution in [3.8, 4) is 0 Å². The molecule has 0 aliphatic carbocycles. The maximum atomic E-state index is 16.2. The van der Waals surface area contributed by atoms with Crippen molar-refractivity contribution in [2.75, 3.05) is 56.4 Å². The van der Waals surface area contributed by atoms with Gasteiger partial charge in [-0.15, -0.1) is 0 Å². The molecule has 9 amide bonds. The first-order chi connectivity index (χ1) is 48.0. The van der Waals surface area contributed by atoms with E-state index in [2.05, 4.69) is 0 Å². The van der Waals surface area contributed by atoms with Crippen LogP contribution in [0.4, 0.5) is 0 Å². The zero-order chi connectivity index (χ0) is 72.0. The third-order valence-electron chi connectivity index (χ3n) is 19.2. The van der Waals surface area contributed by atoms with Gasteiger partial charge in [-0.1, -0.05) is 243 Å². The molecule has 0 spiro atoms. The van der Waals surface area contributed by atoms with Gasteiger partial charge in [0.25, 0.3) is 0 Å². The number of hydrogen-bond acceptors (Lipinski definition) is 9. The standard InChI is InChI=1S/C82H93N9O9/c1-58(92)84(2)68(51-60-36-20-11-21-37-60)76(94)86(4)70(53-62-40-24-13-25-41-62)78(96)88(6)72(55-64-44-28-15-29-45-64)80(98)90(8)74(57-66-48-32-17-33-49-66)82(100)91(9)73(56-65-46-30-16-31-47-65)81(99)89(7)71(54-63-42-26-14-27-43-63)79(97)87(5)69(52-61-38-22-12-23-39-61)77(95)85(3)67(75(83)93)50-59-34-18-10-19-35-59/h10-49,67-74H,50-57H2,1-9H3,(H2,83,93)/t67-,68-,69-,70-,71-,72-,73-,74-/m0/s1. The van der Waals surface area contributed by atoms with Gasteiger partial charge in [-0.25, -0.2) is 0 Å². The predicted molar refractivity (Wildman–Crippen MR) is 389 cm³/mol. The average molecular weight is 1350 g/mol. The lowest BCUT2D eigenvalue weighted by molar-refractivity contribution is -0.156. The van der Waals surface area contributed by atoms with Gasteiger partial charge < -0.3 is 44.9 Å². The fraction of sp³-hybridized carbons (Fsp3) is 0.305. The van der Waals surface area contributed by atoms with E-state index < -0.39 is 95.6 Å². The van der Waals surface area contributed by atoms with E-state index in [-0.39, 0.29) is 57.3 Å². The number of rotatable bonds is 32. The van der Waals surface area contributed by atoms with E-state index in [1.165, 1.54) is 88.4 Å². The number of amides is 9. The Morgan fingerprint density at radius 3 is 0.470 bits per heavy atom. The average Bonchev–Trinajstić information content (AvgIpc) is 0.802. The minimum absolute atomic E-state index is 0.00748. The monoisotopic (exact) mass is 1350 g/mol. The van der Waals surface area contributed by atoms with E-state index in [9.17, 15) is 9.59 Å². The molecule has 0 radical (unpaired) electrons. The van der Waals surface area contributed by atoms with Crippen LogP contribution in [0.3, 0.4) is 0 Å². The third-order valence-corrected chi connectivity index (χ3v) is 19.2. The minimum atomic E-state index is -1.32. The van der Waals surface area contributed by atoms with Crippen molar-refractivity contribution in [2.45, 2.75) is 107 Å². The zero-order valence-electron chi connectivity index (χ0n) is 58.7. The number of carbonyl (C=O) groups excluding carboxylic acids is 9. The molecule has 0 unspecified atom stereocenters. The van der Waals surface area contributed by atoms with Crippen LogP contribution in [0.1, 0.15) is 51.4 Å². The predicted octanol–water partition coefficient (Wildman–Crippen LogP) is 8.05. The molecule has 0 aliphatic rings. The van der Waals surface area contributed by atoms with Crippen LogP contribution in [0.2, 0.25) is 0 Å². The first kappa shape index (κ1) is 74.8. The molecular formula is C82H93N9O9. The maximum Gasteiger partial charge on any atom is 0.246 e. The number of primary amides is 1. The molecular weight excluding hydrogens is 1250 g/mol. The van der Waals surface area contributed by atoms with Crippen molar-refractivity contribution < 1.29 is 43.2 Å². The van der Waals surface area contributed by atoms with Gasteiger partial charge >= 0.3 is 0 Å². The molecule has 8 aromatic rings. The molecule has 18 heteroatoms. The Kier molecular flexibility index (Phi) is 26.9. The topological polar surface area (TPSA) is 206 Å². The molecule has 8 aromatic carbocycles. The van der Waals surface area contributed by atoms with E-state index in [4.69, 9.17) is 5.73 Å². The van der Waals surface area contributed by atoms with Crippen LogP contribution in [0, 0.1) is 0 Å². The molecule has 0 aromatic heterocycles. The van der Waals surface area contributed by atoms with E-state index in [1.807, 2.05) is 243 Å². The number of benzene rings is 8. The van der Waals surface area contributed by atoms with E-state index >= 15 is 33.6 Å². The Morgan fingerprint density at radius 2 is 0.340 bits per heavy atom. The Balaban J connectivity index is 1.17. The van der Waals surface area contributed by atoms with Crippen molar-refractivity contribution in [3.63, 3.8) is 0 Å². The summed E-state index contributed by atoms with van der Waals surface area (Å²) < 4.78 is 0. The molecule has 2 N–H and O–H groups in total. The second-order valence-electron chi connectivity index (χ2n) is 25.8. The third kappa shape index (κ3) is 19.6. The molecule has 0 saturated carbocycles. The van der Waals surface area contributed by atoms with Gasteiger partial charge in [0.15, 0.2) is 0 Å². The highest BCUT2D eigenvalue weighted by molar-refractivity contribution is 5.98. The van der Waals surface area contributed by atoms with E-state index in [0.717, 1.165) is 22.3 Å². The summed E-state index contributed by atoms with van der Waals surface area (Å²) in [7, 11) is 12.2. The summed E-state index contributed by atoms with van der Waals surface area (Å²) in [6.07, 6.45) is 0.295. The highest BCUT2D eigenvalue weighted by Crippen LogP contribution is 2.26. The van der Waals surface area contributed by atoms with Crippen molar-refractivity contribution in [1.29, 1.82) is 0 Å². The number of nitrogens with zero attached hydrogens (tertiary/aromatic N) is 8. The number of likely N-dealkylation sites (N-methyl/N-ethyl adjacent to an activating group) is 8. The summed E-state index contributed by atoms with van der Waals surface area (Å²) in [5.41, 5.74) is 11.9. The number of carbonyl (C=O) groups is 9. The van der Waals surface area contributed by atoms with Crippen LogP contribution >= 0.6 is 0 Å². The smallest absolute Gasteiger partial charge is 0.246 e. The van der Waals surface area contributed by atoms with Gasteiger partial charge in [-0.3, -0.25) is 43.2 Å². The van der Waals surface area contributed by atoms with Gasteiger partial charge in [-0.2, -0.15) is 0 Å². The Labute approximate surface area is 588 Å². The molecule has 100 heavy (non-hydrogen) atoms. The summed E-state index contributed by atoms with van der Waals surface area (Å²) in [6.45, 7) is 1.38. The van der Waals surface area contributed by atoms with Crippen LogP contribution in [0.5, 0.6) is 0 Å². The summed E-state index contributed by atoms with van der Waals surface area (Å²) >= 11 is 0. The lowest BCUT2D eigenvalue weighted by atomic mass is 9.96. The maximum absolute atomic E-state index is 16.2. The van der Waals surface area contributed by atoms with Crippen LogP contribution in [-0.2, 0) is 94.5 Å². The highest BCUT2D eigenvalue weighted by atomic mass is 16.2. The van der Waals surface area contributed by atoms with Crippen molar-refractivity contribution in [1.82, 2.24) is 39.2 Å². The summed E-state index contributed by atoms with van der Waals surface area (Å²) in [5, 5.41) is 0. The molecule has 520 valence electrons. The molecule has 0 aliphatic heterocycles. The quantitative estimate of drug-likeness (QED) is 0.0433. The Hall–Kier alpha value is -11.0. The molecule has 18 nitrogen and oxygen atoms in total. The van der Waals surface area contributed by atoms with Crippen LogP contribution in [-0.4, -0.2) is 197 Å². The van der Waals surface area contributed by atoms with Crippen molar-refractivity contribution in [3.05, 3.63) is 287 Å². The fourth-order valence-corrected chi connectivity index (χ4v) is 12.8. The first-order valence-electron chi connectivity index (χ1n) is 33.7. The normalized spacial score (nSPS) is 13.4. The first-order valence-corrected chi connectivity index (χ1v) is 33.7. The van der Waals surface area contributed by atoms with Gasteiger partial charge in [-0.05, 0) is 44.5 Å². The van der Waals surface area contributed by atoms with Crippen LogP contribution in [0.25, 0.3) is 0 Å². The second kappa shape index (κ2) is 36.0.